The highest BCUT2D eigenvalue weighted by Gasteiger charge is 1.80. The van der Waals surface area contributed by atoms with Crippen LogP contribution in [0.15, 0.2) is 60.8 Å². The van der Waals surface area contributed by atoms with E-state index in [1.807, 2.05) is 30.4 Å². The van der Waals surface area contributed by atoms with E-state index in [9.17, 15) is 0 Å². The van der Waals surface area contributed by atoms with E-state index in [2.05, 4.69) is 36.8 Å². The molecular formula is C14H17. The quantitative estimate of drug-likeness (QED) is 0.531. The summed E-state index contributed by atoms with van der Waals surface area (Å²) >= 11 is 0. The molecule has 1 aliphatic carbocycles. The highest BCUT2D eigenvalue weighted by atomic mass is 13.9. The smallest absolute Gasteiger partial charge is 0.00473 e. The lowest BCUT2D eigenvalue weighted by Crippen LogP contribution is -1.69. The van der Waals surface area contributed by atoms with Crippen LogP contribution in [0.3, 0.4) is 0 Å². The van der Waals surface area contributed by atoms with E-state index in [1.165, 1.54) is 6.42 Å². The third-order valence-electron chi connectivity index (χ3n) is 1.90. The molecule has 1 rings (SSSR count). The molecule has 0 nitrogen and oxygen atoms in total. The molecule has 0 saturated carbocycles. The zero-order chi connectivity index (χ0) is 9.90. The fourth-order valence-electron chi connectivity index (χ4n) is 1.15. The van der Waals surface area contributed by atoms with E-state index in [-0.39, 0.29) is 0 Å². The SMILES string of the molecule is [CH]1/C=C\CCC/C=C/C=C\C=C\C=C\1. The van der Waals surface area contributed by atoms with Crippen molar-refractivity contribution in [2.45, 2.75) is 19.3 Å². The van der Waals surface area contributed by atoms with Crippen molar-refractivity contribution in [1.29, 1.82) is 0 Å². The van der Waals surface area contributed by atoms with Gasteiger partial charge in [-0.25, -0.2) is 0 Å². The van der Waals surface area contributed by atoms with Gasteiger partial charge in [-0.05, 0) is 19.3 Å². The lowest BCUT2D eigenvalue weighted by molar-refractivity contribution is 0.868. The molecule has 14 heavy (non-hydrogen) atoms. The summed E-state index contributed by atoms with van der Waals surface area (Å²) in [7, 11) is 0. The monoisotopic (exact) mass is 185 g/mol. The van der Waals surface area contributed by atoms with Crippen LogP contribution in [0.5, 0.6) is 0 Å². The van der Waals surface area contributed by atoms with Crippen molar-refractivity contribution in [2.24, 2.45) is 0 Å². The van der Waals surface area contributed by atoms with E-state index in [0.717, 1.165) is 12.8 Å². The Balaban J connectivity index is 2.46. The van der Waals surface area contributed by atoms with Gasteiger partial charge in [0.05, 0.1) is 0 Å². The van der Waals surface area contributed by atoms with Gasteiger partial charge in [0.25, 0.3) is 0 Å². The first-order chi connectivity index (χ1) is 7.00. The van der Waals surface area contributed by atoms with Crippen LogP contribution in [-0.2, 0) is 0 Å². The molecule has 1 aliphatic rings. The Morgan fingerprint density at radius 3 is 1.86 bits per heavy atom. The van der Waals surface area contributed by atoms with Crippen molar-refractivity contribution in [1.82, 2.24) is 0 Å². The fraction of sp³-hybridized carbons (Fsp3) is 0.214. The van der Waals surface area contributed by atoms with Crippen molar-refractivity contribution in [3.8, 4) is 0 Å². The lowest BCUT2D eigenvalue weighted by atomic mass is 10.2. The van der Waals surface area contributed by atoms with Crippen LogP contribution in [0.2, 0.25) is 0 Å². The largest absolute Gasteiger partial charge is 0.0879 e. The maximum absolute atomic E-state index is 2.21. The first-order valence-corrected chi connectivity index (χ1v) is 5.15. The normalized spacial score (nSPS) is 29.7. The third-order valence-corrected chi connectivity index (χ3v) is 1.90. The average Bonchev–Trinajstić information content (AvgIpc) is 2.22. The predicted octanol–water partition coefficient (Wildman–Crippen LogP) is 4.16. The van der Waals surface area contributed by atoms with Gasteiger partial charge in [-0.3, -0.25) is 0 Å². The molecule has 0 saturated heterocycles. The minimum absolute atomic E-state index is 1.16. The summed E-state index contributed by atoms with van der Waals surface area (Å²) in [6, 6.07) is 0. The highest BCUT2D eigenvalue weighted by molar-refractivity contribution is 5.19. The van der Waals surface area contributed by atoms with Crippen molar-refractivity contribution < 1.29 is 0 Å². The van der Waals surface area contributed by atoms with Crippen LogP contribution in [0.4, 0.5) is 0 Å². The third kappa shape index (κ3) is 6.24. The molecule has 0 bridgehead atoms. The average molecular weight is 185 g/mol. The topological polar surface area (TPSA) is 0 Å². The van der Waals surface area contributed by atoms with E-state index in [4.69, 9.17) is 0 Å². The van der Waals surface area contributed by atoms with E-state index in [1.54, 1.807) is 0 Å². The summed E-state index contributed by atoms with van der Waals surface area (Å²) in [6.07, 6.45) is 26.5. The van der Waals surface area contributed by atoms with Gasteiger partial charge in [0.2, 0.25) is 0 Å². The number of rotatable bonds is 0. The maximum atomic E-state index is 2.21. The van der Waals surface area contributed by atoms with Crippen LogP contribution >= 0.6 is 0 Å². The summed E-state index contributed by atoms with van der Waals surface area (Å²) in [5.74, 6) is 0. The van der Waals surface area contributed by atoms with Gasteiger partial charge in [0, 0.05) is 6.42 Å². The molecule has 73 valence electrons. The number of hydrogen-bond donors (Lipinski definition) is 0. The minimum Gasteiger partial charge on any atom is -0.0879 e. The van der Waals surface area contributed by atoms with Gasteiger partial charge in [0.15, 0.2) is 0 Å². The Morgan fingerprint density at radius 1 is 0.500 bits per heavy atom. The zero-order valence-electron chi connectivity index (χ0n) is 8.47. The van der Waals surface area contributed by atoms with Crippen LogP contribution in [0.1, 0.15) is 19.3 Å². The highest BCUT2D eigenvalue weighted by Crippen LogP contribution is 1.99. The molecular weight excluding hydrogens is 168 g/mol. The van der Waals surface area contributed by atoms with Gasteiger partial charge < -0.3 is 0 Å². The van der Waals surface area contributed by atoms with Gasteiger partial charge in [-0.1, -0.05) is 60.8 Å². The van der Waals surface area contributed by atoms with E-state index < -0.39 is 0 Å². The molecule has 0 aliphatic heterocycles. The molecule has 0 amide bonds. The van der Waals surface area contributed by atoms with Crippen LogP contribution < -0.4 is 0 Å². The summed E-state index contributed by atoms with van der Waals surface area (Å²) in [5.41, 5.74) is 0. The molecule has 0 heterocycles. The molecule has 0 aromatic heterocycles. The summed E-state index contributed by atoms with van der Waals surface area (Å²) < 4.78 is 0. The number of allylic oxidation sites excluding steroid dienone is 10. The van der Waals surface area contributed by atoms with Gasteiger partial charge >= 0.3 is 0 Å². The Labute approximate surface area is 87.0 Å². The van der Waals surface area contributed by atoms with Crippen molar-refractivity contribution >= 4 is 0 Å². The van der Waals surface area contributed by atoms with Crippen molar-refractivity contribution in [3.63, 3.8) is 0 Å². The fourth-order valence-corrected chi connectivity index (χ4v) is 1.15. The molecule has 0 unspecified atom stereocenters. The molecule has 0 heteroatoms. The van der Waals surface area contributed by atoms with Gasteiger partial charge in [-0.15, -0.1) is 0 Å². The Hall–Kier alpha value is -1.30. The number of hydrogen-bond acceptors (Lipinski definition) is 0. The van der Waals surface area contributed by atoms with Crippen molar-refractivity contribution in [3.05, 3.63) is 67.2 Å². The second kappa shape index (κ2) is 8.31. The minimum atomic E-state index is 1.16. The van der Waals surface area contributed by atoms with Gasteiger partial charge in [0.1, 0.15) is 0 Å². The molecule has 0 atom stereocenters. The first kappa shape index (κ1) is 10.8. The zero-order valence-corrected chi connectivity index (χ0v) is 8.47. The Bertz CT molecular complexity index is 262. The van der Waals surface area contributed by atoms with Gasteiger partial charge in [-0.2, -0.15) is 0 Å². The van der Waals surface area contributed by atoms with Crippen LogP contribution in [0, 0.1) is 6.42 Å². The molecule has 1 radical (unpaired) electrons. The standard InChI is InChI=1S/C14H17/c1-2-4-6-8-10-12-14-13-11-9-7-5-3-1/h1-11H,12-14H2/b2-1+,5-3+,6-4-,10-8+,11-9-. The first-order valence-electron chi connectivity index (χ1n) is 5.15. The maximum Gasteiger partial charge on any atom is 0.00473 e. The van der Waals surface area contributed by atoms with Crippen LogP contribution in [-0.4, -0.2) is 0 Å². The van der Waals surface area contributed by atoms with E-state index >= 15 is 0 Å². The lowest BCUT2D eigenvalue weighted by Gasteiger charge is -1.89. The van der Waals surface area contributed by atoms with Crippen LogP contribution in [0.25, 0.3) is 0 Å². The molecule has 0 N–H and O–H groups in total. The van der Waals surface area contributed by atoms with Crippen molar-refractivity contribution in [2.75, 3.05) is 0 Å². The van der Waals surface area contributed by atoms with E-state index in [0.29, 0.717) is 0 Å². The summed E-state index contributed by atoms with van der Waals surface area (Å²) in [5, 5.41) is 0. The summed E-state index contributed by atoms with van der Waals surface area (Å²) in [6.45, 7) is 0. The second-order valence-corrected chi connectivity index (χ2v) is 3.13. The molecule has 0 fully saturated rings. The molecule has 0 spiro atoms. The predicted molar refractivity (Wildman–Crippen MR) is 63.9 cm³/mol. The Kier molecular flexibility index (Phi) is 6.39. The second-order valence-electron chi connectivity index (χ2n) is 3.13. The Morgan fingerprint density at radius 2 is 1.07 bits per heavy atom. The molecule has 0 aromatic rings. The summed E-state index contributed by atoms with van der Waals surface area (Å²) in [4.78, 5) is 0. The molecule has 0 aromatic carbocycles.